The van der Waals surface area contributed by atoms with Gasteiger partial charge < -0.3 is 15.9 Å². The molecule has 0 aliphatic rings. The number of nitrogens with zero attached hydrogens (tertiary/aromatic N) is 1. The summed E-state index contributed by atoms with van der Waals surface area (Å²) in [5, 5.41) is 17.8. The summed E-state index contributed by atoms with van der Waals surface area (Å²) in [7, 11) is -2.52. The number of unbranched alkanes of at least 4 members (excludes halogenated alkanes) is 2. The second kappa shape index (κ2) is 7.39. The number of hydrogen-bond donors (Lipinski definition) is 3. The number of sulfonamides is 1. The first-order valence-corrected chi connectivity index (χ1v) is 7.94. The molecule has 0 radical (unpaired) electrons. The molecule has 7 nitrogen and oxygen atoms in total. The molecule has 4 N–H and O–H groups in total. The van der Waals surface area contributed by atoms with E-state index in [1.54, 1.807) is 0 Å². The number of anilines is 1. The van der Waals surface area contributed by atoms with Crippen LogP contribution < -0.4 is 5.73 Å². The molecule has 0 aliphatic carbocycles. The number of carboxylic acid groups (broad SMARTS) is 1. The van der Waals surface area contributed by atoms with E-state index in [9.17, 15) is 13.2 Å². The molecule has 0 heterocycles. The zero-order chi connectivity index (χ0) is 16.0. The minimum atomic E-state index is -3.91. The SMILES string of the molecule is CN(CCCCCO)S(=O)(=O)c1cc(N)ccc1C(=O)O. The highest BCUT2D eigenvalue weighted by Crippen LogP contribution is 2.22. The van der Waals surface area contributed by atoms with Crippen molar-refractivity contribution in [1.29, 1.82) is 0 Å². The lowest BCUT2D eigenvalue weighted by Gasteiger charge is -2.18. The van der Waals surface area contributed by atoms with Crippen LogP contribution in [0.2, 0.25) is 0 Å². The standard InChI is InChI=1S/C13H20N2O5S/c1-15(7-3-2-4-8-16)21(19,20)12-9-10(14)5-6-11(12)13(17)18/h5-6,9,16H,2-4,7-8,14H2,1H3,(H,17,18). The Morgan fingerprint density at radius 2 is 1.95 bits per heavy atom. The summed E-state index contributed by atoms with van der Waals surface area (Å²) in [6.45, 7) is 0.311. The maximum absolute atomic E-state index is 12.4. The molecule has 0 atom stereocenters. The van der Waals surface area contributed by atoms with E-state index in [4.69, 9.17) is 15.9 Å². The van der Waals surface area contributed by atoms with Gasteiger partial charge in [0.1, 0.15) is 0 Å². The topological polar surface area (TPSA) is 121 Å². The number of benzene rings is 1. The lowest BCUT2D eigenvalue weighted by molar-refractivity contribution is 0.0692. The zero-order valence-corrected chi connectivity index (χ0v) is 12.6. The Bertz CT molecular complexity index is 601. The van der Waals surface area contributed by atoms with Crippen LogP contribution in [0.25, 0.3) is 0 Å². The highest BCUT2D eigenvalue weighted by atomic mass is 32.2. The Hall–Kier alpha value is -1.64. The van der Waals surface area contributed by atoms with Crippen molar-refractivity contribution in [1.82, 2.24) is 4.31 Å². The Morgan fingerprint density at radius 1 is 1.29 bits per heavy atom. The number of hydrogen-bond acceptors (Lipinski definition) is 5. The summed E-state index contributed by atoms with van der Waals surface area (Å²) in [4.78, 5) is 10.8. The van der Waals surface area contributed by atoms with E-state index < -0.39 is 16.0 Å². The summed E-state index contributed by atoms with van der Waals surface area (Å²) in [5.41, 5.74) is 5.45. The summed E-state index contributed by atoms with van der Waals surface area (Å²) < 4.78 is 26.0. The second-order valence-corrected chi connectivity index (χ2v) is 6.68. The molecule has 0 bridgehead atoms. The van der Waals surface area contributed by atoms with Gasteiger partial charge in [-0.25, -0.2) is 17.5 Å². The van der Waals surface area contributed by atoms with Crippen molar-refractivity contribution in [3.63, 3.8) is 0 Å². The van der Waals surface area contributed by atoms with Crippen molar-refractivity contribution in [2.24, 2.45) is 0 Å². The number of aromatic carboxylic acids is 1. The third-order valence-corrected chi connectivity index (χ3v) is 4.95. The summed E-state index contributed by atoms with van der Waals surface area (Å²) in [6, 6.07) is 3.69. The van der Waals surface area contributed by atoms with Gasteiger partial charge in [0.25, 0.3) is 0 Å². The van der Waals surface area contributed by atoms with E-state index >= 15 is 0 Å². The van der Waals surface area contributed by atoms with Gasteiger partial charge in [0, 0.05) is 25.9 Å². The van der Waals surface area contributed by atoms with E-state index in [0.717, 1.165) is 10.4 Å². The van der Waals surface area contributed by atoms with Gasteiger partial charge in [-0.1, -0.05) is 0 Å². The molecule has 118 valence electrons. The van der Waals surface area contributed by atoms with E-state index in [1.165, 1.54) is 19.2 Å². The number of nitrogen functional groups attached to an aromatic ring is 1. The van der Waals surface area contributed by atoms with Gasteiger partial charge in [-0.05, 0) is 37.5 Å². The minimum absolute atomic E-state index is 0.0643. The van der Waals surface area contributed by atoms with Gasteiger partial charge in [0.2, 0.25) is 10.0 Å². The average molecular weight is 316 g/mol. The van der Waals surface area contributed by atoms with Gasteiger partial charge in [0.15, 0.2) is 0 Å². The fraction of sp³-hybridized carbons (Fsp3) is 0.462. The Labute approximate surface area is 124 Å². The van der Waals surface area contributed by atoms with E-state index in [1.807, 2.05) is 0 Å². The molecule has 1 aromatic carbocycles. The normalized spacial score (nSPS) is 11.8. The first kappa shape index (κ1) is 17.4. The third kappa shape index (κ3) is 4.42. The number of aliphatic hydroxyl groups is 1. The summed E-state index contributed by atoms with van der Waals surface area (Å²) in [6.07, 6.45) is 1.88. The van der Waals surface area contributed by atoms with Crippen LogP contribution in [-0.2, 0) is 10.0 Å². The Balaban J connectivity index is 3.01. The molecular formula is C13H20N2O5S. The second-order valence-electron chi connectivity index (χ2n) is 4.67. The molecule has 0 aliphatic heterocycles. The highest BCUT2D eigenvalue weighted by Gasteiger charge is 2.26. The van der Waals surface area contributed by atoms with Crippen molar-refractivity contribution in [3.05, 3.63) is 23.8 Å². The van der Waals surface area contributed by atoms with Crippen molar-refractivity contribution in [2.75, 3.05) is 25.9 Å². The smallest absolute Gasteiger partial charge is 0.337 e. The van der Waals surface area contributed by atoms with Gasteiger partial charge in [-0.2, -0.15) is 0 Å². The lowest BCUT2D eigenvalue weighted by Crippen LogP contribution is -2.29. The van der Waals surface area contributed by atoms with Crippen LogP contribution in [-0.4, -0.2) is 49.1 Å². The monoisotopic (exact) mass is 316 g/mol. The number of carbonyl (C=O) groups is 1. The van der Waals surface area contributed by atoms with E-state index in [2.05, 4.69) is 0 Å². The Kier molecular flexibility index (Phi) is 6.13. The fourth-order valence-electron chi connectivity index (χ4n) is 1.84. The molecule has 1 aromatic rings. The van der Waals surface area contributed by atoms with Crippen LogP contribution in [0.4, 0.5) is 5.69 Å². The molecule has 0 aromatic heterocycles. The number of aliphatic hydroxyl groups excluding tert-OH is 1. The molecule has 0 unspecified atom stereocenters. The molecule has 1 rings (SSSR count). The quantitative estimate of drug-likeness (QED) is 0.481. The molecule has 0 saturated carbocycles. The Morgan fingerprint density at radius 3 is 2.52 bits per heavy atom. The molecule has 8 heteroatoms. The van der Waals surface area contributed by atoms with Crippen molar-refractivity contribution >= 4 is 21.7 Å². The maximum Gasteiger partial charge on any atom is 0.337 e. The molecule has 0 fully saturated rings. The van der Waals surface area contributed by atoms with Crippen molar-refractivity contribution in [3.8, 4) is 0 Å². The van der Waals surface area contributed by atoms with Crippen LogP contribution in [0.5, 0.6) is 0 Å². The van der Waals surface area contributed by atoms with Crippen molar-refractivity contribution < 1.29 is 23.4 Å². The van der Waals surface area contributed by atoms with Crippen LogP contribution in [0.3, 0.4) is 0 Å². The van der Waals surface area contributed by atoms with Crippen LogP contribution >= 0.6 is 0 Å². The zero-order valence-electron chi connectivity index (χ0n) is 11.8. The van der Waals surface area contributed by atoms with E-state index in [0.29, 0.717) is 19.3 Å². The fourth-order valence-corrected chi connectivity index (χ4v) is 3.26. The van der Waals surface area contributed by atoms with Crippen LogP contribution in [0.1, 0.15) is 29.6 Å². The molecule has 21 heavy (non-hydrogen) atoms. The van der Waals surface area contributed by atoms with Gasteiger partial charge in [-0.3, -0.25) is 0 Å². The van der Waals surface area contributed by atoms with Gasteiger partial charge >= 0.3 is 5.97 Å². The largest absolute Gasteiger partial charge is 0.478 e. The maximum atomic E-state index is 12.4. The number of rotatable bonds is 8. The van der Waals surface area contributed by atoms with Crippen LogP contribution in [0, 0.1) is 0 Å². The number of carboxylic acids is 1. The number of nitrogens with two attached hydrogens (primary N) is 1. The molecular weight excluding hydrogens is 296 g/mol. The van der Waals surface area contributed by atoms with Crippen molar-refractivity contribution in [2.45, 2.75) is 24.2 Å². The lowest BCUT2D eigenvalue weighted by atomic mass is 10.2. The molecule has 0 amide bonds. The highest BCUT2D eigenvalue weighted by molar-refractivity contribution is 7.89. The predicted octanol–water partition coefficient (Wildman–Crippen LogP) is 0.750. The summed E-state index contributed by atoms with van der Waals surface area (Å²) >= 11 is 0. The average Bonchev–Trinajstić information content (AvgIpc) is 2.42. The van der Waals surface area contributed by atoms with Crippen LogP contribution in [0.15, 0.2) is 23.1 Å². The summed E-state index contributed by atoms with van der Waals surface area (Å²) in [5.74, 6) is -1.32. The molecule has 0 spiro atoms. The molecule has 0 saturated heterocycles. The third-order valence-electron chi connectivity index (χ3n) is 3.06. The first-order chi connectivity index (χ1) is 9.80. The minimum Gasteiger partial charge on any atom is -0.478 e. The van der Waals surface area contributed by atoms with E-state index in [-0.39, 0.29) is 29.3 Å². The predicted molar refractivity (Wildman–Crippen MR) is 78.6 cm³/mol. The first-order valence-electron chi connectivity index (χ1n) is 6.50. The van der Waals surface area contributed by atoms with Gasteiger partial charge in [0.05, 0.1) is 10.5 Å². The van der Waals surface area contributed by atoms with Gasteiger partial charge in [-0.15, -0.1) is 0 Å².